The molecule has 0 saturated carbocycles. The molecule has 0 N–H and O–H groups in total. The molecule has 17 heavy (non-hydrogen) atoms. The van der Waals surface area contributed by atoms with Crippen LogP contribution in [0, 0.1) is 0 Å². The Hall–Kier alpha value is 0.314. The van der Waals surface area contributed by atoms with Gasteiger partial charge in [0.05, 0.1) is 0 Å². The standard InChI is InChI=1S/C12H31NO2Si2/c1-7-10-14-16(15-11-8-2)12-9-13(3)17(4,5)6/h16H,7-12H2,1-6H3. The van der Waals surface area contributed by atoms with Gasteiger partial charge in [-0.3, -0.25) is 0 Å². The molecule has 0 bridgehead atoms. The Kier molecular flexibility index (Phi) is 9.44. The predicted octanol–water partition coefficient (Wildman–Crippen LogP) is 2.83. The lowest BCUT2D eigenvalue weighted by atomic mass is 10.5. The molecule has 0 heterocycles. The van der Waals surface area contributed by atoms with Crippen LogP contribution in [0.1, 0.15) is 26.7 Å². The van der Waals surface area contributed by atoms with Crippen LogP contribution in [0.4, 0.5) is 0 Å². The first-order chi connectivity index (χ1) is 7.91. The van der Waals surface area contributed by atoms with Gasteiger partial charge in [0, 0.05) is 19.3 Å². The highest BCUT2D eigenvalue weighted by Crippen LogP contribution is 2.09. The van der Waals surface area contributed by atoms with Gasteiger partial charge in [0.1, 0.15) is 8.24 Å². The van der Waals surface area contributed by atoms with E-state index >= 15 is 0 Å². The van der Waals surface area contributed by atoms with E-state index in [1.807, 2.05) is 0 Å². The van der Waals surface area contributed by atoms with Crippen LogP contribution in [-0.2, 0) is 8.85 Å². The molecule has 0 rings (SSSR count). The van der Waals surface area contributed by atoms with Crippen molar-refractivity contribution in [1.29, 1.82) is 0 Å². The van der Waals surface area contributed by atoms with Gasteiger partial charge < -0.3 is 13.4 Å². The zero-order chi connectivity index (χ0) is 13.3. The molecule has 0 aliphatic rings. The second-order valence-electron chi connectivity index (χ2n) is 5.55. The van der Waals surface area contributed by atoms with Gasteiger partial charge in [0.25, 0.3) is 0 Å². The van der Waals surface area contributed by atoms with E-state index in [9.17, 15) is 0 Å². The molecule has 0 unspecified atom stereocenters. The highest BCUT2D eigenvalue weighted by atomic mass is 28.3. The molecule has 0 aliphatic carbocycles. The molecule has 0 amide bonds. The lowest BCUT2D eigenvalue weighted by Gasteiger charge is -2.30. The maximum Gasteiger partial charge on any atom is 0.322 e. The fourth-order valence-corrected chi connectivity index (χ4v) is 4.43. The van der Waals surface area contributed by atoms with E-state index in [-0.39, 0.29) is 0 Å². The molecule has 0 aromatic heterocycles. The van der Waals surface area contributed by atoms with Gasteiger partial charge in [0.15, 0.2) is 0 Å². The molecule has 0 aromatic carbocycles. The molecule has 5 heteroatoms. The van der Waals surface area contributed by atoms with Crippen LogP contribution >= 0.6 is 0 Å². The normalized spacial score (nSPS) is 12.7. The summed E-state index contributed by atoms with van der Waals surface area (Å²) in [6.45, 7) is 14.3. The highest BCUT2D eigenvalue weighted by molar-refractivity contribution is 6.73. The van der Waals surface area contributed by atoms with Crippen LogP contribution in [0.3, 0.4) is 0 Å². The van der Waals surface area contributed by atoms with Gasteiger partial charge in [-0.1, -0.05) is 33.5 Å². The lowest BCUT2D eigenvalue weighted by molar-refractivity contribution is 0.195. The third kappa shape index (κ3) is 8.96. The Morgan fingerprint density at radius 2 is 1.47 bits per heavy atom. The van der Waals surface area contributed by atoms with Crippen LogP contribution in [-0.4, -0.2) is 48.9 Å². The molecule has 0 radical (unpaired) electrons. The summed E-state index contributed by atoms with van der Waals surface area (Å²) in [6.07, 6.45) is 2.17. The van der Waals surface area contributed by atoms with Gasteiger partial charge >= 0.3 is 9.28 Å². The van der Waals surface area contributed by atoms with Crippen molar-refractivity contribution in [3.8, 4) is 0 Å². The quantitative estimate of drug-likeness (QED) is 0.573. The Morgan fingerprint density at radius 1 is 1.00 bits per heavy atom. The van der Waals surface area contributed by atoms with Crippen molar-refractivity contribution in [1.82, 2.24) is 4.57 Å². The van der Waals surface area contributed by atoms with Crippen LogP contribution in [0.25, 0.3) is 0 Å². The molecule has 0 atom stereocenters. The highest BCUT2D eigenvalue weighted by Gasteiger charge is 2.22. The molecular formula is C12H31NO2Si2. The summed E-state index contributed by atoms with van der Waals surface area (Å²) in [5.74, 6) is 0. The van der Waals surface area contributed by atoms with E-state index in [0.29, 0.717) is 0 Å². The van der Waals surface area contributed by atoms with Gasteiger partial charge in [-0.25, -0.2) is 0 Å². The topological polar surface area (TPSA) is 21.7 Å². The number of rotatable bonds is 10. The Morgan fingerprint density at radius 3 is 1.82 bits per heavy atom. The third-order valence-corrected chi connectivity index (χ3v) is 7.32. The fraction of sp³-hybridized carbons (Fsp3) is 1.00. The first kappa shape index (κ1) is 17.3. The van der Waals surface area contributed by atoms with Gasteiger partial charge in [-0.15, -0.1) is 0 Å². The van der Waals surface area contributed by atoms with Crippen LogP contribution in [0.5, 0.6) is 0 Å². The van der Waals surface area contributed by atoms with E-state index in [0.717, 1.165) is 38.6 Å². The molecule has 0 aliphatic heterocycles. The molecule has 0 aromatic rings. The minimum Gasteiger partial charge on any atom is -0.397 e. The van der Waals surface area contributed by atoms with Gasteiger partial charge in [0.2, 0.25) is 0 Å². The van der Waals surface area contributed by atoms with Crippen molar-refractivity contribution in [2.24, 2.45) is 0 Å². The summed E-state index contributed by atoms with van der Waals surface area (Å²) in [6, 6.07) is 1.11. The summed E-state index contributed by atoms with van der Waals surface area (Å²) >= 11 is 0. The van der Waals surface area contributed by atoms with E-state index < -0.39 is 17.5 Å². The largest absolute Gasteiger partial charge is 0.397 e. The van der Waals surface area contributed by atoms with Crippen molar-refractivity contribution >= 4 is 17.5 Å². The summed E-state index contributed by atoms with van der Waals surface area (Å²) in [4.78, 5) is 0. The first-order valence-electron chi connectivity index (χ1n) is 6.86. The second-order valence-corrected chi connectivity index (χ2v) is 12.8. The molecular weight excluding hydrogens is 246 g/mol. The Balaban J connectivity index is 3.96. The fourth-order valence-electron chi connectivity index (χ4n) is 1.35. The average Bonchev–Trinajstić information content (AvgIpc) is 2.26. The van der Waals surface area contributed by atoms with Crippen molar-refractivity contribution in [2.45, 2.75) is 52.4 Å². The van der Waals surface area contributed by atoms with Crippen LogP contribution < -0.4 is 0 Å². The van der Waals surface area contributed by atoms with Crippen molar-refractivity contribution in [3.63, 3.8) is 0 Å². The number of nitrogens with zero attached hydrogens (tertiary/aromatic N) is 1. The number of hydrogen-bond donors (Lipinski definition) is 0. The molecule has 0 fully saturated rings. The SMILES string of the molecule is CCCO[SiH](CCN(C)[Si](C)(C)C)OCCC. The second kappa shape index (κ2) is 9.27. The molecule has 3 nitrogen and oxygen atoms in total. The van der Waals surface area contributed by atoms with Crippen molar-refractivity contribution in [2.75, 3.05) is 26.8 Å². The summed E-state index contributed by atoms with van der Waals surface area (Å²) in [5, 5.41) is 0. The molecule has 104 valence electrons. The average molecular weight is 278 g/mol. The number of hydrogen-bond acceptors (Lipinski definition) is 3. The maximum atomic E-state index is 5.86. The van der Waals surface area contributed by atoms with E-state index in [4.69, 9.17) is 8.85 Å². The van der Waals surface area contributed by atoms with Gasteiger partial charge in [-0.05, 0) is 26.4 Å². The monoisotopic (exact) mass is 277 g/mol. The van der Waals surface area contributed by atoms with E-state index in [1.165, 1.54) is 0 Å². The summed E-state index contributed by atoms with van der Waals surface area (Å²) in [5.41, 5.74) is 0. The third-order valence-electron chi connectivity index (χ3n) is 2.86. The van der Waals surface area contributed by atoms with Crippen LogP contribution in [0.15, 0.2) is 0 Å². The summed E-state index contributed by atoms with van der Waals surface area (Å²) < 4.78 is 14.2. The van der Waals surface area contributed by atoms with E-state index in [1.54, 1.807) is 0 Å². The zero-order valence-corrected chi connectivity index (χ0v) is 14.7. The van der Waals surface area contributed by atoms with Crippen molar-refractivity contribution in [3.05, 3.63) is 0 Å². The van der Waals surface area contributed by atoms with Crippen molar-refractivity contribution < 1.29 is 8.85 Å². The lowest BCUT2D eigenvalue weighted by Crippen LogP contribution is -2.44. The minimum atomic E-state index is -1.42. The Bertz CT molecular complexity index is 178. The first-order valence-corrected chi connectivity index (χ1v) is 12.1. The maximum absolute atomic E-state index is 5.86. The predicted molar refractivity (Wildman–Crippen MR) is 80.4 cm³/mol. The van der Waals surface area contributed by atoms with E-state index in [2.05, 4.69) is 45.1 Å². The minimum absolute atomic E-state index is 0.858. The van der Waals surface area contributed by atoms with Gasteiger partial charge in [-0.2, -0.15) is 0 Å². The Labute approximate surface area is 110 Å². The molecule has 0 spiro atoms. The summed E-state index contributed by atoms with van der Waals surface area (Å²) in [7, 11) is -0.329. The molecule has 0 saturated heterocycles. The zero-order valence-electron chi connectivity index (χ0n) is 12.6. The smallest absolute Gasteiger partial charge is 0.322 e. The van der Waals surface area contributed by atoms with Crippen LogP contribution in [0.2, 0.25) is 25.7 Å².